The van der Waals surface area contributed by atoms with Crippen molar-refractivity contribution in [2.75, 3.05) is 39.5 Å². The topological polar surface area (TPSA) is 76.3 Å². The van der Waals surface area contributed by atoms with Crippen LogP contribution in [0.4, 0.5) is 0 Å². The van der Waals surface area contributed by atoms with E-state index in [1.54, 1.807) is 13.0 Å². The Morgan fingerprint density at radius 3 is 2.61 bits per heavy atom. The van der Waals surface area contributed by atoms with Crippen molar-refractivity contribution in [3.63, 3.8) is 0 Å². The number of morpholine rings is 1. The van der Waals surface area contributed by atoms with Crippen LogP contribution in [-0.4, -0.2) is 56.0 Å². The molecule has 1 aromatic heterocycles. The smallest absolute Gasteiger partial charge is 0.274 e. The molecule has 2 aromatic rings. The second-order valence-electron chi connectivity index (χ2n) is 6.57. The normalized spacial score (nSPS) is 15.4. The minimum Gasteiger partial charge on any atom is -0.492 e. The third-order valence-corrected chi connectivity index (χ3v) is 4.70. The van der Waals surface area contributed by atoms with Gasteiger partial charge < -0.3 is 13.9 Å². The number of ether oxygens (including phenoxy) is 2. The van der Waals surface area contributed by atoms with Gasteiger partial charge in [-0.2, -0.15) is 5.10 Å². The molecule has 1 aromatic carbocycles. The Balaban J connectivity index is 1.53. The molecule has 7 heteroatoms. The van der Waals surface area contributed by atoms with Crippen molar-refractivity contribution >= 4 is 11.6 Å². The zero-order chi connectivity index (χ0) is 19.8. The summed E-state index contributed by atoms with van der Waals surface area (Å²) in [5.74, 6) is 1.12. The Morgan fingerprint density at radius 1 is 1.21 bits per heavy atom. The van der Waals surface area contributed by atoms with Crippen LogP contribution in [0.1, 0.15) is 35.0 Å². The van der Waals surface area contributed by atoms with Gasteiger partial charge >= 0.3 is 0 Å². The van der Waals surface area contributed by atoms with Gasteiger partial charge in [0.15, 0.2) is 0 Å². The number of nitrogens with one attached hydrogen (secondary N) is 1. The van der Waals surface area contributed by atoms with Crippen LogP contribution in [0.2, 0.25) is 0 Å². The highest BCUT2D eigenvalue weighted by molar-refractivity contribution is 6.02. The maximum atomic E-state index is 12.2. The van der Waals surface area contributed by atoms with E-state index in [0.29, 0.717) is 24.4 Å². The number of amides is 1. The number of benzene rings is 1. The largest absolute Gasteiger partial charge is 0.492 e. The van der Waals surface area contributed by atoms with Crippen molar-refractivity contribution in [2.24, 2.45) is 5.10 Å². The fraction of sp³-hybridized carbons (Fsp3) is 0.429. The SMILES string of the molecule is CCC(=NNC(=O)c1ccoc1C)c1ccc(OCCN2CCOCC2)cc1. The second-order valence-corrected chi connectivity index (χ2v) is 6.57. The van der Waals surface area contributed by atoms with Gasteiger partial charge in [-0.3, -0.25) is 9.69 Å². The highest BCUT2D eigenvalue weighted by atomic mass is 16.5. The molecular weight excluding hydrogens is 358 g/mol. The molecule has 2 heterocycles. The Labute approximate surface area is 165 Å². The molecule has 1 saturated heterocycles. The Morgan fingerprint density at radius 2 is 1.96 bits per heavy atom. The Kier molecular flexibility index (Phi) is 7.22. The first kappa shape index (κ1) is 20.1. The monoisotopic (exact) mass is 385 g/mol. The summed E-state index contributed by atoms with van der Waals surface area (Å²) in [6, 6.07) is 9.42. The third kappa shape index (κ3) is 5.43. The van der Waals surface area contributed by atoms with Gasteiger partial charge in [0.05, 0.1) is 30.8 Å². The van der Waals surface area contributed by atoms with Crippen LogP contribution in [-0.2, 0) is 4.74 Å². The summed E-state index contributed by atoms with van der Waals surface area (Å²) < 4.78 is 16.3. The van der Waals surface area contributed by atoms with E-state index in [-0.39, 0.29) is 5.91 Å². The predicted octanol–water partition coefficient (Wildman–Crippen LogP) is 2.84. The summed E-state index contributed by atoms with van der Waals surface area (Å²) in [7, 11) is 0. The summed E-state index contributed by atoms with van der Waals surface area (Å²) in [6.45, 7) is 8.80. The molecule has 1 fully saturated rings. The van der Waals surface area contributed by atoms with E-state index in [1.807, 2.05) is 31.2 Å². The molecule has 0 spiro atoms. The van der Waals surface area contributed by atoms with Crippen LogP contribution in [0.5, 0.6) is 5.75 Å². The summed E-state index contributed by atoms with van der Waals surface area (Å²) in [6.07, 6.45) is 2.19. The van der Waals surface area contributed by atoms with Crippen LogP contribution in [0.25, 0.3) is 0 Å². The first-order valence-electron chi connectivity index (χ1n) is 9.61. The predicted molar refractivity (Wildman–Crippen MR) is 107 cm³/mol. The van der Waals surface area contributed by atoms with Gasteiger partial charge in [-0.1, -0.05) is 6.92 Å². The van der Waals surface area contributed by atoms with Gasteiger partial charge in [0.2, 0.25) is 0 Å². The fourth-order valence-electron chi connectivity index (χ4n) is 3.01. The van der Waals surface area contributed by atoms with E-state index in [0.717, 1.165) is 49.9 Å². The molecule has 1 N–H and O–H groups in total. The maximum Gasteiger partial charge on any atom is 0.274 e. The average molecular weight is 385 g/mol. The average Bonchev–Trinajstić information content (AvgIpc) is 3.16. The lowest BCUT2D eigenvalue weighted by molar-refractivity contribution is 0.0322. The second kappa shape index (κ2) is 10.1. The molecule has 0 atom stereocenters. The lowest BCUT2D eigenvalue weighted by Gasteiger charge is -2.26. The molecule has 3 rings (SSSR count). The molecule has 150 valence electrons. The third-order valence-electron chi connectivity index (χ3n) is 4.70. The van der Waals surface area contributed by atoms with Crippen LogP contribution in [0, 0.1) is 6.92 Å². The van der Waals surface area contributed by atoms with E-state index in [9.17, 15) is 4.79 Å². The van der Waals surface area contributed by atoms with Crippen LogP contribution < -0.4 is 10.2 Å². The molecule has 1 aliphatic rings. The first-order valence-corrected chi connectivity index (χ1v) is 9.61. The number of carbonyl (C=O) groups is 1. The molecule has 1 amide bonds. The van der Waals surface area contributed by atoms with Gasteiger partial charge in [0, 0.05) is 19.6 Å². The molecule has 0 bridgehead atoms. The van der Waals surface area contributed by atoms with Gasteiger partial charge in [-0.05, 0) is 49.2 Å². The quantitative estimate of drug-likeness (QED) is 0.559. The number of hydrazone groups is 1. The molecular formula is C21H27N3O4. The number of hydrogen-bond donors (Lipinski definition) is 1. The van der Waals surface area contributed by atoms with Gasteiger partial charge in [0.1, 0.15) is 18.1 Å². The molecule has 7 nitrogen and oxygen atoms in total. The van der Waals surface area contributed by atoms with Crippen LogP contribution in [0.3, 0.4) is 0 Å². The van der Waals surface area contributed by atoms with Crippen molar-refractivity contribution in [3.8, 4) is 5.75 Å². The van der Waals surface area contributed by atoms with E-state index in [2.05, 4.69) is 15.4 Å². The summed E-state index contributed by atoms with van der Waals surface area (Å²) in [4.78, 5) is 14.5. The van der Waals surface area contributed by atoms with Crippen LogP contribution in [0.15, 0.2) is 46.1 Å². The molecule has 0 saturated carbocycles. The molecule has 0 unspecified atom stereocenters. The fourth-order valence-corrected chi connectivity index (χ4v) is 3.01. The number of hydrogen-bond acceptors (Lipinski definition) is 6. The standard InChI is InChI=1S/C21H27N3O4/c1-3-20(22-23-21(25)19-8-12-27-16(19)2)17-4-6-18(7-5-17)28-15-11-24-9-13-26-14-10-24/h4-8,12H,3,9-11,13-15H2,1-2H3,(H,23,25). The molecule has 28 heavy (non-hydrogen) atoms. The van der Waals surface area contributed by atoms with E-state index < -0.39 is 0 Å². The highest BCUT2D eigenvalue weighted by Gasteiger charge is 2.12. The minimum atomic E-state index is -0.278. The number of carbonyl (C=O) groups excluding carboxylic acids is 1. The van der Waals surface area contributed by atoms with Crippen molar-refractivity contribution < 1.29 is 18.7 Å². The minimum absolute atomic E-state index is 0.278. The van der Waals surface area contributed by atoms with E-state index in [1.165, 1.54) is 6.26 Å². The number of rotatable bonds is 8. The zero-order valence-electron chi connectivity index (χ0n) is 16.4. The Bertz CT molecular complexity index is 792. The number of aryl methyl sites for hydroxylation is 1. The lowest BCUT2D eigenvalue weighted by atomic mass is 10.1. The van der Waals surface area contributed by atoms with Gasteiger partial charge in [-0.25, -0.2) is 5.43 Å². The van der Waals surface area contributed by atoms with Crippen molar-refractivity contribution in [1.82, 2.24) is 10.3 Å². The molecule has 0 aliphatic carbocycles. The highest BCUT2D eigenvalue weighted by Crippen LogP contribution is 2.14. The van der Waals surface area contributed by atoms with Crippen LogP contribution >= 0.6 is 0 Å². The van der Waals surface area contributed by atoms with E-state index in [4.69, 9.17) is 13.9 Å². The van der Waals surface area contributed by atoms with Crippen molar-refractivity contribution in [2.45, 2.75) is 20.3 Å². The molecule has 1 aliphatic heterocycles. The summed E-state index contributed by atoms with van der Waals surface area (Å²) in [5.41, 5.74) is 4.84. The Hall–Kier alpha value is -2.64. The number of furan rings is 1. The van der Waals surface area contributed by atoms with Gasteiger partial charge in [-0.15, -0.1) is 0 Å². The van der Waals surface area contributed by atoms with Crippen molar-refractivity contribution in [3.05, 3.63) is 53.5 Å². The lowest BCUT2D eigenvalue weighted by Crippen LogP contribution is -2.38. The van der Waals surface area contributed by atoms with Gasteiger partial charge in [0.25, 0.3) is 5.91 Å². The summed E-state index contributed by atoms with van der Waals surface area (Å²) in [5, 5.41) is 4.28. The zero-order valence-corrected chi connectivity index (χ0v) is 16.4. The maximum absolute atomic E-state index is 12.2. The number of nitrogens with zero attached hydrogens (tertiary/aromatic N) is 2. The molecule has 0 radical (unpaired) electrons. The van der Waals surface area contributed by atoms with E-state index >= 15 is 0 Å². The first-order chi connectivity index (χ1) is 13.7. The van der Waals surface area contributed by atoms with Crippen molar-refractivity contribution in [1.29, 1.82) is 0 Å². The summed E-state index contributed by atoms with van der Waals surface area (Å²) >= 11 is 0.